The van der Waals surface area contributed by atoms with Gasteiger partial charge in [-0.25, -0.2) is 0 Å². The minimum Gasteiger partial charge on any atom is -0.398 e. The van der Waals surface area contributed by atoms with E-state index in [0.717, 1.165) is 38.8 Å². The zero-order valence-corrected chi connectivity index (χ0v) is 23.7. The quantitative estimate of drug-likeness (QED) is 0.383. The highest BCUT2D eigenvalue weighted by molar-refractivity contribution is 6.01. The number of hydrogen-bond acceptors (Lipinski definition) is 8. The Labute approximate surface area is 231 Å². The van der Waals surface area contributed by atoms with Gasteiger partial charge in [0.05, 0.1) is 29.5 Å². The molecule has 5 aliphatic carbocycles. The number of nitrogens with two attached hydrogens (primary N) is 1. The molecule has 7 bridgehead atoms. The van der Waals surface area contributed by atoms with Crippen LogP contribution < -0.4 is 5.73 Å². The van der Waals surface area contributed by atoms with E-state index in [9.17, 15) is 9.90 Å². The van der Waals surface area contributed by atoms with Crippen LogP contribution in [0.25, 0.3) is 0 Å². The molecular formula is C31H44N2O6. The number of Topliss-reactive ketones (excluding diaryl/α,β-unsaturated/α-hetero) is 1. The number of carbonyl (C=O) groups excluding carboxylic acids is 1. The lowest BCUT2D eigenvalue weighted by Gasteiger charge is -2.69. The number of para-hydroxylation sites is 1. The van der Waals surface area contributed by atoms with Gasteiger partial charge < -0.3 is 29.8 Å². The largest absolute Gasteiger partial charge is 0.398 e. The highest BCUT2D eigenvalue weighted by atomic mass is 16.5. The monoisotopic (exact) mass is 540 g/mol. The fraction of sp³-hybridized carbons (Fsp3) is 0.774. The highest BCUT2D eigenvalue weighted by Crippen LogP contribution is 2.78. The first-order valence-corrected chi connectivity index (χ1v) is 14.9. The molecule has 214 valence electrons. The minimum absolute atomic E-state index is 0.00794. The van der Waals surface area contributed by atoms with Crippen molar-refractivity contribution in [2.75, 3.05) is 46.8 Å². The lowest BCUT2D eigenvalue weighted by molar-refractivity contribution is -0.290. The molecule has 6 fully saturated rings. The molecule has 0 unspecified atom stereocenters. The third kappa shape index (κ3) is 3.14. The molecule has 5 saturated carbocycles. The van der Waals surface area contributed by atoms with Gasteiger partial charge in [0, 0.05) is 74.8 Å². The summed E-state index contributed by atoms with van der Waals surface area (Å²) in [5.74, 6) is 0.780. The second-order valence-electron chi connectivity index (χ2n) is 13.2. The first-order valence-electron chi connectivity index (χ1n) is 14.9. The topological polar surface area (TPSA) is 103 Å². The van der Waals surface area contributed by atoms with Crippen LogP contribution in [0.5, 0.6) is 0 Å². The Kier molecular flexibility index (Phi) is 6.06. The van der Waals surface area contributed by atoms with E-state index < -0.39 is 11.2 Å². The van der Waals surface area contributed by atoms with E-state index in [1.807, 2.05) is 19.2 Å². The van der Waals surface area contributed by atoms with Gasteiger partial charge in [0.25, 0.3) is 0 Å². The number of hydrogen-bond donors (Lipinski definition) is 2. The van der Waals surface area contributed by atoms with E-state index in [4.69, 9.17) is 24.7 Å². The van der Waals surface area contributed by atoms with Gasteiger partial charge in [0.2, 0.25) is 0 Å². The van der Waals surface area contributed by atoms with Crippen LogP contribution in [-0.2, 0) is 18.9 Å². The third-order valence-corrected chi connectivity index (χ3v) is 12.5. The van der Waals surface area contributed by atoms with Crippen LogP contribution in [0.3, 0.4) is 0 Å². The van der Waals surface area contributed by atoms with Crippen molar-refractivity contribution in [1.29, 1.82) is 0 Å². The molecule has 6 aliphatic rings. The zero-order chi connectivity index (χ0) is 27.3. The summed E-state index contributed by atoms with van der Waals surface area (Å²) < 4.78 is 25.5. The van der Waals surface area contributed by atoms with Crippen LogP contribution >= 0.6 is 0 Å². The number of fused-ring (bicyclic) bond motifs is 2. The fourth-order valence-electron chi connectivity index (χ4n) is 11.5. The van der Waals surface area contributed by atoms with Crippen molar-refractivity contribution in [3.63, 3.8) is 0 Å². The average molecular weight is 541 g/mol. The summed E-state index contributed by atoms with van der Waals surface area (Å²) in [6.07, 6.45) is 4.30. The normalized spacial score (nSPS) is 49.3. The van der Waals surface area contributed by atoms with E-state index in [1.54, 1.807) is 26.4 Å². The van der Waals surface area contributed by atoms with E-state index in [2.05, 4.69) is 11.8 Å². The molecule has 7 rings (SSSR count). The molecule has 39 heavy (non-hydrogen) atoms. The number of nitrogen functional groups attached to an aromatic ring is 1. The first kappa shape index (κ1) is 26.4. The molecule has 1 aliphatic heterocycles. The molecule has 0 amide bonds. The SMILES string of the molecule is CCN1C[C@]2(OCC(=O)c3ccccc3N)CC[C@H](OC)[C@@]34[C@@H]5C[C@H]6[C@H](OC)[C@@H]5[C@](O)(C[C@@H]6OC)[C@@H](C[C@H]23)[C@@H]14. The Hall–Kier alpha value is -1.55. The summed E-state index contributed by atoms with van der Waals surface area (Å²) in [6.45, 7) is 3.88. The number of methoxy groups -OCH3 is 3. The van der Waals surface area contributed by atoms with Crippen LogP contribution in [0.4, 0.5) is 5.69 Å². The van der Waals surface area contributed by atoms with Gasteiger partial charge in [-0.3, -0.25) is 9.69 Å². The third-order valence-electron chi connectivity index (χ3n) is 12.5. The minimum atomic E-state index is -0.859. The van der Waals surface area contributed by atoms with Crippen LogP contribution in [0.1, 0.15) is 49.4 Å². The lowest BCUT2D eigenvalue weighted by Crippen LogP contribution is -2.78. The lowest BCUT2D eigenvalue weighted by atomic mass is 9.45. The molecule has 1 aromatic rings. The summed E-state index contributed by atoms with van der Waals surface area (Å²) in [4.78, 5) is 15.9. The van der Waals surface area contributed by atoms with Gasteiger partial charge in [-0.15, -0.1) is 0 Å². The van der Waals surface area contributed by atoms with Gasteiger partial charge in [0.1, 0.15) is 6.61 Å². The van der Waals surface area contributed by atoms with Crippen molar-refractivity contribution >= 4 is 11.5 Å². The standard InChI is InChI=1S/C31H44N2O6/c1-5-33-16-29(39-15-22(34)17-8-6-7-9-21(17)32)11-10-25(37-3)31-19-12-18-23(36-2)14-30(35,26(19)27(18)38-4)20(28(31)33)13-24(29)31/h6-9,18-20,23-28,35H,5,10-16,32H2,1-4H3/t18-,19-,20+,23+,24-,25+,26-,27+,28-,29-,30+,31-/m1/s1. The number of piperidine rings is 1. The smallest absolute Gasteiger partial charge is 0.190 e. The second-order valence-corrected chi connectivity index (χ2v) is 13.2. The highest BCUT2D eigenvalue weighted by Gasteiger charge is 2.84. The Morgan fingerprint density at radius 1 is 1.13 bits per heavy atom. The maximum atomic E-state index is 13.3. The predicted molar refractivity (Wildman–Crippen MR) is 145 cm³/mol. The summed E-state index contributed by atoms with van der Waals surface area (Å²) >= 11 is 0. The van der Waals surface area contributed by atoms with Crippen molar-refractivity contribution < 1.29 is 28.8 Å². The number of aliphatic hydroxyl groups is 1. The van der Waals surface area contributed by atoms with Gasteiger partial charge in [0.15, 0.2) is 5.78 Å². The van der Waals surface area contributed by atoms with Crippen LogP contribution in [-0.4, -0.2) is 92.4 Å². The molecule has 12 atom stereocenters. The molecular weight excluding hydrogens is 496 g/mol. The van der Waals surface area contributed by atoms with E-state index >= 15 is 0 Å². The van der Waals surface area contributed by atoms with Crippen molar-refractivity contribution in [1.82, 2.24) is 4.90 Å². The number of carbonyl (C=O) groups is 1. The molecule has 3 N–H and O–H groups in total. The van der Waals surface area contributed by atoms with Gasteiger partial charge in [-0.2, -0.15) is 0 Å². The average Bonchev–Trinajstić information content (AvgIpc) is 3.41. The van der Waals surface area contributed by atoms with Crippen molar-refractivity contribution in [2.24, 2.45) is 35.0 Å². The summed E-state index contributed by atoms with van der Waals surface area (Å²) in [5.41, 5.74) is 5.67. The number of likely N-dealkylation sites (tertiary alicyclic amines) is 1. The molecule has 1 saturated heterocycles. The summed E-state index contributed by atoms with van der Waals surface area (Å²) in [7, 11) is 5.45. The molecule has 8 nitrogen and oxygen atoms in total. The number of ether oxygens (including phenoxy) is 4. The first-order chi connectivity index (χ1) is 18.8. The molecule has 1 heterocycles. The Balaban J connectivity index is 1.33. The number of ketones is 1. The number of likely N-dealkylation sites (N-methyl/N-ethyl adjacent to an activating group) is 1. The molecule has 1 spiro atoms. The van der Waals surface area contributed by atoms with Crippen LogP contribution in [0.15, 0.2) is 24.3 Å². The number of nitrogens with zero attached hydrogens (tertiary/aromatic N) is 1. The van der Waals surface area contributed by atoms with Crippen molar-refractivity contribution in [3.05, 3.63) is 29.8 Å². The Bertz CT molecular complexity index is 1150. The second kappa shape index (κ2) is 8.97. The van der Waals surface area contributed by atoms with Gasteiger partial charge in [-0.05, 0) is 56.2 Å². The van der Waals surface area contributed by atoms with Crippen LogP contribution in [0.2, 0.25) is 0 Å². The van der Waals surface area contributed by atoms with E-state index in [0.29, 0.717) is 17.7 Å². The molecule has 1 aromatic carbocycles. The fourth-order valence-corrected chi connectivity index (χ4v) is 11.5. The van der Waals surface area contributed by atoms with E-state index in [1.165, 1.54) is 0 Å². The number of benzene rings is 1. The van der Waals surface area contributed by atoms with Crippen molar-refractivity contribution in [2.45, 2.75) is 74.6 Å². The Morgan fingerprint density at radius 3 is 2.62 bits per heavy atom. The van der Waals surface area contributed by atoms with Gasteiger partial charge in [-0.1, -0.05) is 19.1 Å². The van der Waals surface area contributed by atoms with E-state index in [-0.39, 0.29) is 71.7 Å². The number of rotatable bonds is 8. The maximum Gasteiger partial charge on any atom is 0.190 e. The zero-order valence-electron chi connectivity index (χ0n) is 23.7. The van der Waals surface area contributed by atoms with Crippen molar-refractivity contribution in [3.8, 4) is 0 Å². The summed E-state index contributed by atoms with van der Waals surface area (Å²) in [6, 6.07) is 7.46. The molecule has 0 aromatic heterocycles. The predicted octanol–water partition coefficient (Wildman–Crippen LogP) is 2.77. The van der Waals surface area contributed by atoms with Gasteiger partial charge >= 0.3 is 0 Å². The maximum absolute atomic E-state index is 13.3. The number of anilines is 1. The van der Waals surface area contributed by atoms with Crippen LogP contribution in [0, 0.1) is 35.0 Å². The summed E-state index contributed by atoms with van der Waals surface area (Å²) in [5, 5.41) is 12.8. The Morgan fingerprint density at radius 2 is 1.92 bits per heavy atom. The molecule has 8 heteroatoms. The molecule has 0 radical (unpaired) electrons.